The van der Waals surface area contributed by atoms with Gasteiger partial charge in [-0.15, -0.1) is 16.4 Å². The number of nitrogens with one attached hydrogen (secondary N) is 1. The van der Waals surface area contributed by atoms with Crippen molar-refractivity contribution < 1.29 is 0 Å². The molecule has 4 nitrogen and oxygen atoms in total. The van der Waals surface area contributed by atoms with E-state index in [2.05, 4.69) is 53.5 Å². The fourth-order valence-electron chi connectivity index (χ4n) is 1.86. The smallest absolute Gasteiger partial charge is 0.225 e. The van der Waals surface area contributed by atoms with Crippen LogP contribution >= 0.6 is 23.6 Å². The minimum Gasteiger partial charge on any atom is -0.344 e. The highest BCUT2D eigenvalue weighted by Gasteiger charge is 2.13. The average Bonchev–Trinajstić information content (AvgIpc) is 2.94. The van der Waals surface area contributed by atoms with E-state index in [-0.39, 0.29) is 0 Å². The monoisotopic (exact) mass is 282 g/mol. The minimum absolute atomic E-state index is 0.315. The molecule has 0 spiro atoms. The number of thiophene rings is 1. The van der Waals surface area contributed by atoms with Gasteiger partial charge in [0.25, 0.3) is 0 Å². The van der Waals surface area contributed by atoms with Crippen LogP contribution in [-0.4, -0.2) is 28.4 Å². The van der Waals surface area contributed by atoms with Crippen LogP contribution < -0.4 is 4.90 Å². The van der Waals surface area contributed by atoms with Gasteiger partial charge in [0.05, 0.1) is 0 Å². The number of rotatable bonds is 5. The second-order valence-electron chi connectivity index (χ2n) is 4.54. The molecule has 0 unspecified atom stereocenters. The van der Waals surface area contributed by atoms with Crippen LogP contribution in [0, 0.1) is 4.77 Å². The Bertz CT molecular complexity index is 539. The summed E-state index contributed by atoms with van der Waals surface area (Å²) in [6.45, 7) is 5.16. The molecule has 1 N–H and O–H groups in total. The van der Waals surface area contributed by atoms with Crippen molar-refractivity contribution in [1.82, 2.24) is 14.8 Å². The van der Waals surface area contributed by atoms with Gasteiger partial charge in [-0.1, -0.05) is 6.07 Å². The highest BCUT2D eigenvalue weighted by Crippen LogP contribution is 2.17. The van der Waals surface area contributed by atoms with Gasteiger partial charge in [0.15, 0.2) is 4.77 Å². The lowest BCUT2D eigenvalue weighted by molar-refractivity contribution is 0.584. The van der Waals surface area contributed by atoms with E-state index in [1.807, 2.05) is 4.57 Å². The van der Waals surface area contributed by atoms with E-state index >= 15 is 0 Å². The number of H-pyrrole nitrogens is 1. The summed E-state index contributed by atoms with van der Waals surface area (Å²) in [5.74, 6) is 0.909. The Morgan fingerprint density at radius 1 is 1.56 bits per heavy atom. The van der Waals surface area contributed by atoms with Crippen LogP contribution in [0.25, 0.3) is 0 Å². The standard InChI is InChI=1S/C12H18N4S2/c1-9(2)16-11(13-14-12(16)17)15(3)7-6-10-5-4-8-18-10/h4-5,8-9H,6-7H2,1-3H3,(H,14,17). The topological polar surface area (TPSA) is 36.9 Å². The Hall–Kier alpha value is -1.14. The maximum absolute atomic E-state index is 5.25. The minimum atomic E-state index is 0.315. The first kappa shape index (κ1) is 13.3. The maximum atomic E-state index is 5.25. The third-order valence-electron chi connectivity index (χ3n) is 2.82. The van der Waals surface area contributed by atoms with Crippen molar-refractivity contribution in [3.8, 4) is 0 Å². The number of aromatic nitrogens is 3. The molecule has 0 amide bonds. The molecule has 2 heterocycles. The number of nitrogens with zero attached hydrogens (tertiary/aromatic N) is 3. The predicted octanol–water partition coefficient (Wildman–Crippen LogP) is 3.26. The van der Waals surface area contributed by atoms with Crippen LogP contribution in [0.2, 0.25) is 0 Å². The normalized spacial score (nSPS) is 11.1. The molecule has 0 radical (unpaired) electrons. The third kappa shape index (κ3) is 2.81. The molecule has 6 heteroatoms. The van der Waals surface area contributed by atoms with Crippen LogP contribution in [0.5, 0.6) is 0 Å². The van der Waals surface area contributed by atoms with E-state index in [1.165, 1.54) is 4.88 Å². The highest BCUT2D eigenvalue weighted by molar-refractivity contribution is 7.71. The number of likely N-dealkylation sites (N-methyl/N-ethyl adjacent to an activating group) is 1. The summed E-state index contributed by atoms with van der Waals surface area (Å²) in [4.78, 5) is 3.54. The molecule has 2 aromatic heterocycles. The van der Waals surface area contributed by atoms with E-state index in [0.29, 0.717) is 10.8 Å². The average molecular weight is 282 g/mol. The highest BCUT2D eigenvalue weighted by atomic mass is 32.1. The molecule has 0 aliphatic carbocycles. The van der Waals surface area contributed by atoms with Gasteiger partial charge < -0.3 is 4.90 Å². The molecule has 2 aromatic rings. The number of aromatic amines is 1. The maximum Gasteiger partial charge on any atom is 0.225 e. The molecule has 0 bridgehead atoms. The second-order valence-corrected chi connectivity index (χ2v) is 5.96. The van der Waals surface area contributed by atoms with Gasteiger partial charge in [0.2, 0.25) is 5.95 Å². The van der Waals surface area contributed by atoms with Crippen molar-refractivity contribution in [2.24, 2.45) is 0 Å². The van der Waals surface area contributed by atoms with Crippen molar-refractivity contribution in [2.75, 3.05) is 18.5 Å². The summed E-state index contributed by atoms with van der Waals surface area (Å²) in [5.41, 5.74) is 0. The van der Waals surface area contributed by atoms with Gasteiger partial charge in [0, 0.05) is 24.5 Å². The summed E-state index contributed by atoms with van der Waals surface area (Å²) >= 11 is 7.05. The van der Waals surface area contributed by atoms with Crippen molar-refractivity contribution in [3.05, 3.63) is 27.2 Å². The van der Waals surface area contributed by atoms with Gasteiger partial charge in [-0.05, 0) is 43.9 Å². The van der Waals surface area contributed by atoms with Gasteiger partial charge in [-0.2, -0.15) is 0 Å². The second kappa shape index (κ2) is 5.67. The predicted molar refractivity (Wildman–Crippen MR) is 79.1 cm³/mol. The number of anilines is 1. The molecule has 0 aromatic carbocycles. The van der Waals surface area contributed by atoms with E-state index in [4.69, 9.17) is 12.2 Å². The van der Waals surface area contributed by atoms with E-state index in [0.717, 1.165) is 18.9 Å². The van der Waals surface area contributed by atoms with Gasteiger partial charge in [0.1, 0.15) is 0 Å². The Morgan fingerprint density at radius 3 is 2.94 bits per heavy atom. The summed E-state index contributed by atoms with van der Waals surface area (Å²) in [5, 5.41) is 9.29. The van der Waals surface area contributed by atoms with E-state index < -0.39 is 0 Å². The molecule has 98 valence electrons. The van der Waals surface area contributed by atoms with Gasteiger partial charge in [-0.25, -0.2) is 5.10 Å². The quantitative estimate of drug-likeness (QED) is 0.855. The fraction of sp³-hybridized carbons (Fsp3) is 0.500. The Morgan fingerprint density at radius 2 is 2.33 bits per heavy atom. The summed E-state index contributed by atoms with van der Waals surface area (Å²) in [7, 11) is 2.05. The van der Waals surface area contributed by atoms with Crippen LogP contribution in [0.1, 0.15) is 24.8 Å². The molecule has 0 saturated carbocycles. The molecule has 0 saturated heterocycles. The van der Waals surface area contributed by atoms with Crippen molar-refractivity contribution >= 4 is 29.5 Å². The first-order valence-corrected chi connectivity index (χ1v) is 7.29. The zero-order valence-electron chi connectivity index (χ0n) is 10.9. The molecular weight excluding hydrogens is 264 g/mol. The third-order valence-corrected chi connectivity index (χ3v) is 4.04. The summed E-state index contributed by atoms with van der Waals surface area (Å²) < 4.78 is 2.73. The lowest BCUT2D eigenvalue weighted by Gasteiger charge is -2.20. The SMILES string of the molecule is CC(C)n1c(N(C)CCc2cccs2)n[nH]c1=S. The van der Waals surface area contributed by atoms with Gasteiger partial charge in [-0.3, -0.25) is 4.57 Å². The number of hydrogen-bond donors (Lipinski definition) is 1. The van der Waals surface area contributed by atoms with E-state index in [1.54, 1.807) is 11.3 Å². The Labute approximate surface area is 116 Å². The fourth-order valence-corrected chi connectivity index (χ4v) is 2.90. The van der Waals surface area contributed by atoms with Crippen LogP contribution in [0.4, 0.5) is 5.95 Å². The molecule has 18 heavy (non-hydrogen) atoms. The van der Waals surface area contributed by atoms with Crippen molar-refractivity contribution in [1.29, 1.82) is 0 Å². The Kier molecular flexibility index (Phi) is 4.19. The largest absolute Gasteiger partial charge is 0.344 e. The van der Waals surface area contributed by atoms with Crippen LogP contribution in [0.15, 0.2) is 17.5 Å². The van der Waals surface area contributed by atoms with Crippen LogP contribution in [0.3, 0.4) is 0 Å². The zero-order chi connectivity index (χ0) is 13.1. The van der Waals surface area contributed by atoms with Crippen molar-refractivity contribution in [3.63, 3.8) is 0 Å². The first-order chi connectivity index (χ1) is 8.59. The molecule has 0 aliphatic rings. The molecule has 0 fully saturated rings. The van der Waals surface area contributed by atoms with Crippen LogP contribution in [-0.2, 0) is 6.42 Å². The molecule has 2 rings (SSSR count). The lowest BCUT2D eigenvalue weighted by atomic mass is 10.3. The lowest BCUT2D eigenvalue weighted by Crippen LogP contribution is -2.24. The van der Waals surface area contributed by atoms with E-state index in [9.17, 15) is 0 Å². The summed E-state index contributed by atoms with van der Waals surface area (Å²) in [6.07, 6.45) is 1.03. The number of hydrogen-bond acceptors (Lipinski definition) is 4. The molecule has 0 atom stereocenters. The summed E-state index contributed by atoms with van der Waals surface area (Å²) in [6, 6.07) is 4.57. The van der Waals surface area contributed by atoms with Gasteiger partial charge >= 0.3 is 0 Å². The molecule has 0 aliphatic heterocycles. The van der Waals surface area contributed by atoms with Crippen molar-refractivity contribution in [2.45, 2.75) is 26.3 Å². The first-order valence-electron chi connectivity index (χ1n) is 6.00. The molecular formula is C12H18N4S2. The Balaban J connectivity index is 2.09. The zero-order valence-corrected chi connectivity index (χ0v) is 12.5.